The molecule has 0 spiro atoms. The van der Waals surface area contributed by atoms with Crippen molar-refractivity contribution >= 4 is 28.7 Å². The lowest BCUT2D eigenvalue weighted by atomic mass is 9.96. The number of aromatic amines is 1. The fraction of sp³-hybridized carbons (Fsp3) is 0.318. The number of aromatic nitrogens is 1. The lowest BCUT2D eigenvalue weighted by Gasteiger charge is -2.12. The Hall–Kier alpha value is -2.50. The van der Waals surface area contributed by atoms with Gasteiger partial charge in [-0.25, -0.2) is 0 Å². The molecule has 1 heterocycles. The first kappa shape index (κ1) is 20.2. The minimum Gasteiger partial charge on any atom is -0.496 e. The molecule has 0 fully saturated rings. The predicted octanol–water partition coefficient (Wildman–Crippen LogP) is 4.92. The Morgan fingerprint density at radius 2 is 1.86 bits per heavy atom. The molecule has 0 aliphatic carbocycles. The smallest absolute Gasteiger partial charge is 0.123 e. The highest BCUT2D eigenvalue weighted by Gasteiger charge is 2.17. The molecule has 0 atom stereocenters. The van der Waals surface area contributed by atoms with Crippen LogP contribution in [0.1, 0.15) is 22.4 Å². The third-order valence-electron chi connectivity index (χ3n) is 4.69. The second-order valence-corrected chi connectivity index (χ2v) is 6.96. The Labute approximate surface area is 170 Å². The van der Waals surface area contributed by atoms with E-state index in [1.165, 1.54) is 16.5 Å². The zero-order chi connectivity index (χ0) is 19.9. The third-order valence-corrected chi connectivity index (χ3v) is 4.95. The summed E-state index contributed by atoms with van der Waals surface area (Å²) in [6.07, 6.45) is 3.11. The van der Waals surface area contributed by atoms with E-state index in [4.69, 9.17) is 25.9 Å². The average molecular weight is 401 g/mol. The Bertz CT molecular complexity index is 949. The summed E-state index contributed by atoms with van der Waals surface area (Å²) >= 11 is 6.04. The summed E-state index contributed by atoms with van der Waals surface area (Å²) in [4.78, 5) is 8.85. The second kappa shape index (κ2) is 9.62. The van der Waals surface area contributed by atoms with E-state index < -0.39 is 0 Å². The number of hydrogen-bond acceptors (Lipinski definition) is 4. The molecule has 1 aromatic heterocycles. The number of hydrogen-bond donors (Lipinski definition) is 1. The van der Waals surface area contributed by atoms with Gasteiger partial charge in [0.25, 0.3) is 0 Å². The Morgan fingerprint density at radius 1 is 1.07 bits per heavy atom. The first-order valence-corrected chi connectivity index (χ1v) is 9.56. The van der Waals surface area contributed by atoms with E-state index in [2.05, 4.69) is 23.1 Å². The van der Waals surface area contributed by atoms with Crippen LogP contribution in [-0.4, -0.2) is 38.6 Å². The normalized spacial score (nSPS) is 11.4. The number of halogens is 1. The molecular weight excluding hydrogens is 376 g/mol. The van der Waals surface area contributed by atoms with Crippen molar-refractivity contribution in [1.82, 2.24) is 4.98 Å². The van der Waals surface area contributed by atoms with Crippen molar-refractivity contribution in [2.24, 2.45) is 5.16 Å². The largest absolute Gasteiger partial charge is 0.496 e. The van der Waals surface area contributed by atoms with Crippen LogP contribution in [0.4, 0.5) is 0 Å². The molecule has 0 unspecified atom stereocenters. The van der Waals surface area contributed by atoms with E-state index in [1.807, 2.05) is 30.3 Å². The Morgan fingerprint density at radius 3 is 2.57 bits per heavy atom. The van der Waals surface area contributed by atoms with Crippen molar-refractivity contribution in [3.05, 3.63) is 63.8 Å². The molecule has 0 aliphatic rings. The maximum Gasteiger partial charge on any atom is 0.123 e. The number of benzene rings is 2. The van der Waals surface area contributed by atoms with E-state index in [0.717, 1.165) is 40.4 Å². The highest BCUT2D eigenvalue weighted by atomic mass is 35.5. The van der Waals surface area contributed by atoms with Gasteiger partial charge in [0.1, 0.15) is 12.4 Å². The number of oxime groups is 1. The summed E-state index contributed by atoms with van der Waals surface area (Å²) in [5.74, 6) is 0.877. The molecule has 0 radical (unpaired) electrons. The number of methoxy groups -OCH3 is 2. The Balaban J connectivity index is 1.92. The lowest BCUT2D eigenvalue weighted by molar-refractivity contribution is 0.145. The van der Waals surface area contributed by atoms with Crippen LogP contribution in [-0.2, 0) is 22.4 Å². The van der Waals surface area contributed by atoms with Crippen LogP contribution in [0, 0.1) is 6.92 Å². The highest BCUT2D eigenvalue weighted by Crippen LogP contribution is 2.34. The van der Waals surface area contributed by atoms with E-state index in [0.29, 0.717) is 13.2 Å². The zero-order valence-electron chi connectivity index (χ0n) is 16.4. The average Bonchev–Trinajstić information content (AvgIpc) is 3.02. The van der Waals surface area contributed by atoms with Gasteiger partial charge in [0.15, 0.2) is 0 Å². The number of aryl methyl sites for hydroxylation is 1. The van der Waals surface area contributed by atoms with E-state index in [-0.39, 0.29) is 0 Å². The molecule has 2 aromatic carbocycles. The van der Waals surface area contributed by atoms with Gasteiger partial charge >= 0.3 is 0 Å². The molecule has 3 rings (SSSR count). The minimum absolute atomic E-state index is 0.439. The van der Waals surface area contributed by atoms with Crippen LogP contribution in [0.25, 0.3) is 10.9 Å². The maximum absolute atomic E-state index is 6.04. The number of H-pyrrole nitrogens is 1. The first-order chi connectivity index (χ1) is 13.6. The molecule has 0 aliphatic heterocycles. The standard InChI is InChI=1S/C22H25ClN2O3/c1-15-18(10-12-28-24-11-13-26-2)22-19(14-16-4-6-17(23)7-5-16)21(27-3)9-8-20(22)25-15/h4-9,11,25H,10,12-14H2,1-3H3. The van der Waals surface area contributed by atoms with Crippen LogP contribution < -0.4 is 4.74 Å². The molecule has 3 aromatic rings. The number of nitrogens with zero attached hydrogens (tertiary/aromatic N) is 1. The number of fused-ring (bicyclic) bond motifs is 1. The molecule has 148 valence electrons. The van der Waals surface area contributed by atoms with Gasteiger partial charge in [-0.3, -0.25) is 0 Å². The van der Waals surface area contributed by atoms with Gasteiger partial charge in [0.2, 0.25) is 0 Å². The van der Waals surface area contributed by atoms with Gasteiger partial charge in [0.05, 0.1) is 19.9 Å². The van der Waals surface area contributed by atoms with Crippen LogP contribution >= 0.6 is 11.6 Å². The summed E-state index contributed by atoms with van der Waals surface area (Å²) in [7, 11) is 3.33. The van der Waals surface area contributed by atoms with Crippen molar-refractivity contribution in [3.8, 4) is 5.75 Å². The lowest BCUT2D eigenvalue weighted by Crippen LogP contribution is -2.00. The molecule has 0 amide bonds. The molecule has 1 N–H and O–H groups in total. The fourth-order valence-corrected chi connectivity index (χ4v) is 3.51. The van der Waals surface area contributed by atoms with E-state index >= 15 is 0 Å². The highest BCUT2D eigenvalue weighted by molar-refractivity contribution is 6.30. The quantitative estimate of drug-likeness (QED) is 0.315. The summed E-state index contributed by atoms with van der Waals surface area (Å²) in [6.45, 7) is 3.02. The molecular formula is C22H25ClN2O3. The Kier molecular flexibility index (Phi) is 6.95. The molecule has 28 heavy (non-hydrogen) atoms. The molecule has 0 bridgehead atoms. The van der Waals surface area contributed by atoms with Gasteiger partial charge < -0.3 is 19.3 Å². The summed E-state index contributed by atoms with van der Waals surface area (Å²) in [5.41, 5.74) is 5.79. The number of ether oxygens (including phenoxy) is 2. The van der Waals surface area contributed by atoms with Gasteiger partial charge in [0, 0.05) is 47.1 Å². The van der Waals surface area contributed by atoms with Gasteiger partial charge in [-0.05, 0) is 42.3 Å². The summed E-state index contributed by atoms with van der Waals surface area (Å²) in [5, 5.41) is 5.83. The summed E-state index contributed by atoms with van der Waals surface area (Å²) < 4.78 is 10.6. The van der Waals surface area contributed by atoms with Crippen LogP contribution in [0.3, 0.4) is 0 Å². The molecule has 5 nitrogen and oxygen atoms in total. The predicted molar refractivity (Wildman–Crippen MR) is 114 cm³/mol. The van der Waals surface area contributed by atoms with Crippen molar-refractivity contribution in [3.63, 3.8) is 0 Å². The van der Waals surface area contributed by atoms with Crippen LogP contribution in [0.2, 0.25) is 5.02 Å². The SMILES string of the molecule is COCC=NOCCc1c(C)[nH]c2ccc(OC)c(Cc3ccc(Cl)cc3)c12. The van der Waals surface area contributed by atoms with Crippen LogP contribution in [0.5, 0.6) is 5.75 Å². The van der Waals surface area contributed by atoms with Crippen molar-refractivity contribution in [2.45, 2.75) is 19.8 Å². The molecule has 0 saturated carbocycles. The second-order valence-electron chi connectivity index (χ2n) is 6.53. The van der Waals surface area contributed by atoms with Crippen molar-refractivity contribution < 1.29 is 14.3 Å². The molecule has 0 saturated heterocycles. The number of nitrogens with one attached hydrogen (secondary N) is 1. The monoisotopic (exact) mass is 400 g/mol. The van der Waals surface area contributed by atoms with Gasteiger partial charge in [-0.15, -0.1) is 0 Å². The maximum atomic E-state index is 6.04. The van der Waals surface area contributed by atoms with Gasteiger partial charge in [-0.1, -0.05) is 28.9 Å². The molecule has 6 heteroatoms. The van der Waals surface area contributed by atoms with Crippen molar-refractivity contribution in [1.29, 1.82) is 0 Å². The third kappa shape index (κ3) is 4.66. The first-order valence-electron chi connectivity index (χ1n) is 9.18. The summed E-state index contributed by atoms with van der Waals surface area (Å²) in [6, 6.07) is 12.0. The topological polar surface area (TPSA) is 55.8 Å². The minimum atomic E-state index is 0.439. The van der Waals surface area contributed by atoms with Crippen LogP contribution in [0.15, 0.2) is 41.6 Å². The van der Waals surface area contributed by atoms with Crippen molar-refractivity contribution in [2.75, 3.05) is 27.4 Å². The zero-order valence-corrected chi connectivity index (χ0v) is 17.2. The fourth-order valence-electron chi connectivity index (χ4n) is 3.39. The van der Waals surface area contributed by atoms with E-state index in [1.54, 1.807) is 20.4 Å². The number of rotatable bonds is 9. The van der Waals surface area contributed by atoms with E-state index in [9.17, 15) is 0 Å². The van der Waals surface area contributed by atoms with Gasteiger partial charge in [-0.2, -0.15) is 0 Å².